The molecule has 17 heavy (non-hydrogen) atoms. The second kappa shape index (κ2) is 4.04. The first kappa shape index (κ1) is 10.6. The van der Waals surface area contributed by atoms with E-state index in [0.717, 1.165) is 35.2 Å². The number of aromatic nitrogens is 2. The van der Waals surface area contributed by atoms with Gasteiger partial charge in [0, 0.05) is 29.3 Å². The van der Waals surface area contributed by atoms with Crippen molar-refractivity contribution in [3.05, 3.63) is 29.0 Å². The van der Waals surface area contributed by atoms with Crippen LogP contribution in [-0.4, -0.2) is 15.7 Å². The molecule has 0 amide bonds. The highest BCUT2D eigenvalue weighted by Crippen LogP contribution is 2.34. The summed E-state index contributed by atoms with van der Waals surface area (Å²) in [4.78, 5) is 7.31. The zero-order valence-corrected chi connectivity index (χ0v) is 10.0. The van der Waals surface area contributed by atoms with Gasteiger partial charge in [0.1, 0.15) is 5.65 Å². The third-order valence-electron chi connectivity index (χ3n) is 3.43. The Morgan fingerprint density at radius 1 is 1.53 bits per heavy atom. The van der Waals surface area contributed by atoms with Gasteiger partial charge in [-0.15, -0.1) is 0 Å². The predicted molar refractivity (Wildman–Crippen MR) is 69.2 cm³/mol. The van der Waals surface area contributed by atoms with Crippen molar-refractivity contribution in [2.45, 2.75) is 19.3 Å². The molecular formula is C12H13ClN4. The van der Waals surface area contributed by atoms with Crippen LogP contribution in [0.15, 0.2) is 23.6 Å². The first-order chi connectivity index (χ1) is 8.31. The van der Waals surface area contributed by atoms with E-state index in [1.165, 1.54) is 6.42 Å². The molecule has 1 fully saturated rings. The molecule has 2 heterocycles. The molecule has 0 unspecified atom stereocenters. The molecule has 0 atom stereocenters. The molecule has 0 spiro atoms. The fourth-order valence-electron chi connectivity index (χ4n) is 2.30. The molecule has 0 radical (unpaired) electrons. The van der Waals surface area contributed by atoms with Crippen LogP contribution in [0.5, 0.6) is 0 Å². The number of rotatable bonds is 2. The largest absolute Gasteiger partial charge is 0.346 e. The van der Waals surface area contributed by atoms with E-state index >= 15 is 0 Å². The molecule has 1 aliphatic rings. The van der Waals surface area contributed by atoms with Gasteiger partial charge in [0.05, 0.1) is 10.7 Å². The van der Waals surface area contributed by atoms with Crippen molar-refractivity contribution in [2.24, 2.45) is 16.9 Å². The molecule has 0 aliphatic heterocycles. The minimum absolute atomic E-state index is 0.443. The van der Waals surface area contributed by atoms with Gasteiger partial charge in [-0.3, -0.25) is 0 Å². The number of H-pyrrole nitrogens is 1. The lowest BCUT2D eigenvalue weighted by Crippen LogP contribution is -2.24. The number of hydrazone groups is 1. The van der Waals surface area contributed by atoms with E-state index in [1.807, 2.05) is 12.3 Å². The van der Waals surface area contributed by atoms with Crippen LogP contribution >= 0.6 is 11.6 Å². The maximum atomic E-state index is 6.25. The van der Waals surface area contributed by atoms with Crippen molar-refractivity contribution >= 4 is 28.3 Å². The number of hydrogen-bond acceptors (Lipinski definition) is 3. The summed E-state index contributed by atoms with van der Waals surface area (Å²) in [5, 5.41) is 5.57. The molecule has 0 saturated heterocycles. The number of nitrogens with zero attached hydrogens (tertiary/aromatic N) is 2. The Labute approximate surface area is 104 Å². The van der Waals surface area contributed by atoms with Crippen molar-refractivity contribution in [3.63, 3.8) is 0 Å². The van der Waals surface area contributed by atoms with Gasteiger partial charge in [-0.2, -0.15) is 5.10 Å². The number of halogens is 1. The van der Waals surface area contributed by atoms with E-state index in [4.69, 9.17) is 17.4 Å². The summed E-state index contributed by atoms with van der Waals surface area (Å²) in [6.07, 6.45) is 7.02. The van der Waals surface area contributed by atoms with Crippen LogP contribution in [0.2, 0.25) is 5.02 Å². The smallest absolute Gasteiger partial charge is 0.137 e. The summed E-state index contributed by atoms with van der Waals surface area (Å²) in [7, 11) is 0. The number of hydrogen-bond donors (Lipinski definition) is 2. The fraction of sp³-hybridized carbons (Fsp3) is 0.333. The molecule has 0 bridgehead atoms. The van der Waals surface area contributed by atoms with Gasteiger partial charge in [0.15, 0.2) is 0 Å². The minimum atomic E-state index is 0.443. The Hall–Kier alpha value is -1.55. The van der Waals surface area contributed by atoms with Crippen LogP contribution in [0.1, 0.15) is 24.8 Å². The molecule has 4 nitrogen and oxygen atoms in total. The van der Waals surface area contributed by atoms with Gasteiger partial charge < -0.3 is 10.8 Å². The molecule has 3 rings (SSSR count). The summed E-state index contributed by atoms with van der Waals surface area (Å²) in [5.41, 5.74) is 2.67. The lowest BCUT2D eigenvalue weighted by atomic mass is 9.79. The van der Waals surface area contributed by atoms with E-state index in [-0.39, 0.29) is 0 Å². The van der Waals surface area contributed by atoms with Crippen LogP contribution < -0.4 is 5.84 Å². The summed E-state index contributed by atoms with van der Waals surface area (Å²) < 4.78 is 0. The lowest BCUT2D eigenvalue weighted by molar-refractivity contribution is 0.413. The van der Waals surface area contributed by atoms with Gasteiger partial charge in [-0.05, 0) is 18.9 Å². The highest BCUT2D eigenvalue weighted by Gasteiger charge is 2.27. The first-order valence-corrected chi connectivity index (χ1v) is 6.09. The van der Waals surface area contributed by atoms with Crippen molar-refractivity contribution < 1.29 is 0 Å². The van der Waals surface area contributed by atoms with Crippen LogP contribution in [0.3, 0.4) is 0 Å². The number of aromatic amines is 1. The zero-order valence-electron chi connectivity index (χ0n) is 9.28. The normalized spacial score (nSPS) is 17.4. The summed E-state index contributed by atoms with van der Waals surface area (Å²) in [5.74, 6) is 5.99. The van der Waals surface area contributed by atoms with Crippen molar-refractivity contribution in [3.8, 4) is 0 Å². The first-order valence-electron chi connectivity index (χ1n) is 5.71. The van der Waals surface area contributed by atoms with Crippen LogP contribution in [0.4, 0.5) is 0 Å². The van der Waals surface area contributed by atoms with Crippen molar-refractivity contribution in [2.75, 3.05) is 0 Å². The maximum Gasteiger partial charge on any atom is 0.137 e. The van der Waals surface area contributed by atoms with Crippen LogP contribution in [-0.2, 0) is 0 Å². The van der Waals surface area contributed by atoms with Gasteiger partial charge in [0.2, 0.25) is 0 Å². The summed E-state index contributed by atoms with van der Waals surface area (Å²) in [6, 6.07) is 1.97. The molecule has 0 aromatic carbocycles. The third kappa shape index (κ3) is 1.60. The standard InChI is InChI=1S/C12H13ClN4/c13-9-6-16-12-8(4-5-15-12)10(9)11(17-14)7-2-1-3-7/h4-7H,1-3,14H2,(H,15,16)/b17-11+. The van der Waals surface area contributed by atoms with E-state index < -0.39 is 0 Å². The van der Waals surface area contributed by atoms with E-state index in [9.17, 15) is 0 Å². The number of fused-ring (bicyclic) bond motifs is 1. The van der Waals surface area contributed by atoms with Gasteiger partial charge >= 0.3 is 0 Å². The molecule has 1 aliphatic carbocycles. The second-order valence-electron chi connectivity index (χ2n) is 4.36. The topological polar surface area (TPSA) is 67.1 Å². The summed E-state index contributed by atoms with van der Waals surface area (Å²) in [6.45, 7) is 0. The van der Waals surface area contributed by atoms with Gasteiger partial charge in [-0.1, -0.05) is 18.0 Å². The quantitative estimate of drug-likeness (QED) is 0.487. The molecule has 88 valence electrons. The maximum absolute atomic E-state index is 6.25. The molecule has 1 saturated carbocycles. The lowest BCUT2D eigenvalue weighted by Gasteiger charge is -2.27. The van der Waals surface area contributed by atoms with Crippen LogP contribution in [0.25, 0.3) is 11.0 Å². The van der Waals surface area contributed by atoms with E-state index in [2.05, 4.69) is 15.1 Å². The fourth-order valence-corrected chi connectivity index (χ4v) is 2.55. The Bertz CT molecular complexity index is 583. The highest BCUT2D eigenvalue weighted by atomic mass is 35.5. The van der Waals surface area contributed by atoms with E-state index in [0.29, 0.717) is 10.9 Å². The Balaban J connectivity index is 2.20. The number of nitrogens with one attached hydrogen (secondary N) is 1. The molecule has 2 aromatic heterocycles. The van der Waals surface area contributed by atoms with Crippen molar-refractivity contribution in [1.82, 2.24) is 9.97 Å². The van der Waals surface area contributed by atoms with Gasteiger partial charge in [0.25, 0.3) is 0 Å². The Morgan fingerprint density at radius 3 is 3.00 bits per heavy atom. The Kier molecular flexibility index (Phi) is 2.52. The van der Waals surface area contributed by atoms with E-state index in [1.54, 1.807) is 6.20 Å². The van der Waals surface area contributed by atoms with Crippen molar-refractivity contribution in [1.29, 1.82) is 0 Å². The average Bonchev–Trinajstić information content (AvgIpc) is 2.72. The van der Waals surface area contributed by atoms with Crippen LogP contribution in [0, 0.1) is 5.92 Å². The molecule has 5 heteroatoms. The number of nitrogens with two attached hydrogens (primary N) is 1. The molecular weight excluding hydrogens is 236 g/mol. The molecule has 3 N–H and O–H groups in total. The molecule has 2 aromatic rings. The van der Waals surface area contributed by atoms with Gasteiger partial charge in [-0.25, -0.2) is 4.98 Å². The monoisotopic (exact) mass is 248 g/mol. The Morgan fingerprint density at radius 2 is 2.35 bits per heavy atom. The predicted octanol–water partition coefficient (Wildman–Crippen LogP) is 2.68. The second-order valence-corrected chi connectivity index (χ2v) is 4.77. The third-order valence-corrected chi connectivity index (χ3v) is 3.71. The SMILES string of the molecule is N/N=C(/c1c(Cl)cnc2[nH]ccc12)C1CCC1. The average molecular weight is 249 g/mol. The summed E-state index contributed by atoms with van der Waals surface area (Å²) >= 11 is 6.25. The zero-order chi connectivity index (χ0) is 11.8. The minimum Gasteiger partial charge on any atom is -0.346 e. The number of pyridine rings is 1. The highest BCUT2D eigenvalue weighted by molar-refractivity contribution is 6.36.